The molecule has 2 aromatic rings. The Morgan fingerprint density at radius 2 is 1.81 bits per heavy atom. The number of nitrogens with one attached hydrogen (secondary N) is 1. The first-order chi connectivity index (χ1) is 12.9. The van der Waals surface area contributed by atoms with E-state index in [0.717, 1.165) is 12.5 Å². The van der Waals surface area contributed by atoms with Gasteiger partial charge in [0.2, 0.25) is 6.41 Å². The third-order valence-electron chi connectivity index (χ3n) is 4.28. The highest BCUT2D eigenvalue weighted by Crippen LogP contribution is 2.34. The molecule has 3 rings (SSSR count). The van der Waals surface area contributed by atoms with E-state index in [0.29, 0.717) is 32.0 Å². The van der Waals surface area contributed by atoms with Gasteiger partial charge in [0.25, 0.3) is 5.91 Å². The lowest BCUT2D eigenvalue weighted by atomic mass is 10.1. The zero-order valence-electron chi connectivity index (χ0n) is 14.2. The fourth-order valence-corrected chi connectivity index (χ4v) is 2.82. The Balaban J connectivity index is 1.76. The average molecular weight is 378 g/mol. The molecule has 0 aliphatic carbocycles. The summed E-state index contributed by atoms with van der Waals surface area (Å²) in [5.41, 5.74) is -1.000. The normalized spacial score (nSPS) is 14.8. The summed E-state index contributed by atoms with van der Waals surface area (Å²) in [6, 6.07) is 7.79. The number of hydrogen-bond donors (Lipinski definition) is 1. The van der Waals surface area contributed by atoms with Gasteiger partial charge in [-0.3, -0.25) is 9.59 Å². The first kappa shape index (κ1) is 18.7. The lowest BCUT2D eigenvalue weighted by molar-refractivity contribution is -0.136. The van der Waals surface area contributed by atoms with Crippen molar-refractivity contribution in [3.63, 3.8) is 0 Å². The lowest BCUT2D eigenvalue weighted by Gasteiger charge is -2.33. The van der Waals surface area contributed by atoms with Crippen molar-refractivity contribution in [1.82, 2.24) is 9.88 Å². The second-order valence-corrected chi connectivity index (χ2v) is 6.03. The zero-order chi connectivity index (χ0) is 19.4. The summed E-state index contributed by atoms with van der Waals surface area (Å²) in [6.07, 6.45) is -2.34. The Morgan fingerprint density at radius 1 is 1.11 bits per heavy atom. The molecule has 0 unspecified atom stereocenters. The molecule has 0 spiro atoms. The molecule has 1 saturated heterocycles. The second kappa shape index (κ2) is 7.65. The number of amides is 2. The average Bonchev–Trinajstić information content (AvgIpc) is 2.68. The third kappa shape index (κ3) is 4.36. The summed E-state index contributed by atoms with van der Waals surface area (Å²) < 4.78 is 39.2. The van der Waals surface area contributed by atoms with Crippen LogP contribution in [0.3, 0.4) is 0 Å². The minimum absolute atomic E-state index is 0.204. The van der Waals surface area contributed by atoms with Crippen molar-refractivity contribution >= 4 is 23.8 Å². The van der Waals surface area contributed by atoms with Crippen molar-refractivity contribution < 1.29 is 22.8 Å². The van der Waals surface area contributed by atoms with Gasteiger partial charge in [0.1, 0.15) is 5.82 Å². The Bertz CT molecular complexity index is 833. The molecule has 142 valence electrons. The van der Waals surface area contributed by atoms with E-state index in [9.17, 15) is 22.8 Å². The standard InChI is InChI=1S/C18H17F3N4O2/c19-18(20,21)14-3-1-2-4-15(14)23-17(27)13-5-6-22-16(11-13)25-9-7-24(12-26)8-10-25/h1-6,11-12H,7-10H2,(H,23,27). The molecule has 2 amide bonds. The van der Waals surface area contributed by atoms with Crippen LogP contribution in [0.1, 0.15) is 15.9 Å². The number of carbonyl (C=O) groups is 2. The highest BCUT2D eigenvalue weighted by molar-refractivity contribution is 6.05. The van der Waals surface area contributed by atoms with E-state index in [2.05, 4.69) is 10.3 Å². The number of anilines is 2. The van der Waals surface area contributed by atoms with Gasteiger partial charge >= 0.3 is 6.18 Å². The topological polar surface area (TPSA) is 65.5 Å². The van der Waals surface area contributed by atoms with Gasteiger partial charge in [-0.2, -0.15) is 13.2 Å². The van der Waals surface area contributed by atoms with E-state index in [-0.39, 0.29) is 11.3 Å². The highest BCUT2D eigenvalue weighted by atomic mass is 19.4. The quantitative estimate of drug-likeness (QED) is 0.831. The summed E-state index contributed by atoms with van der Waals surface area (Å²) >= 11 is 0. The van der Waals surface area contributed by atoms with Crippen LogP contribution in [0.4, 0.5) is 24.7 Å². The van der Waals surface area contributed by atoms with E-state index in [1.165, 1.54) is 36.5 Å². The number of halogens is 3. The van der Waals surface area contributed by atoms with Crippen molar-refractivity contribution in [2.24, 2.45) is 0 Å². The maximum Gasteiger partial charge on any atom is 0.418 e. The number of para-hydroxylation sites is 1. The molecule has 1 aliphatic heterocycles. The fraction of sp³-hybridized carbons (Fsp3) is 0.278. The molecule has 6 nitrogen and oxygen atoms in total. The Kier molecular flexibility index (Phi) is 5.29. The van der Waals surface area contributed by atoms with Gasteiger partial charge in [-0.15, -0.1) is 0 Å². The van der Waals surface area contributed by atoms with Gasteiger partial charge < -0.3 is 15.1 Å². The highest BCUT2D eigenvalue weighted by Gasteiger charge is 2.33. The van der Waals surface area contributed by atoms with Crippen LogP contribution in [-0.4, -0.2) is 48.4 Å². The maximum absolute atomic E-state index is 13.1. The minimum atomic E-state index is -4.56. The summed E-state index contributed by atoms with van der Waals surface area (Å²) in [4.78, 5) is 31.0. The molecule has 1 aliphatic rings. The van der Waals surface area contributed by atoms with E-state index < -0.39 is 17.6 Å². The van der Waals surface area contributed by atoms with Crippen molar-refractivity contribution in [1.29, 1.82) is 0 Å². The molecule has 27 heavy (non-hydrogen) atoms. The number of benzene rings is 1. The molecule has 1 aromatic carbocycles. The van der Waals surface area contributed by atoms with Crippen LogP contribution < -0.4 is 10.2 Å². The second-order valence-electron chi connectivity index (χ2n) is 6.03. The van der Waals surface area contributed by atoms with Gasteiger partial charge in [-0.25, -0.2) is 4.98 Å². The van der Waals surface area contributed by atoms with Crippen LogP contribution in [0, 0.1) is 0 Å². The summed E-state index contributed by atoms with van der Waals surface area (Å²) in [7, 11) is 0. The third-order valence-corrected chi connectivity index (χ3v) is 4.28. The van der Waals surface area contributed by atoms with Crippen LogP contribution in [0.5, 0.6) is 0 Å². The molecule has 2 heterocycles. The van der Waals surface area contributed by atoms with Crippen LogP contribution in [0.2, 0.25) is 0 Å². The summed E-state index contributed by atoms with van der Waals surface area (Å²) in [5, 5.41) is 2.32. The Labute approximate surface area is 153 Å². The monoisotopic (exact) mass is 378 g/mol. The number of aromatic nitrogens is 1. The number of piperazine rings is 1. The molecule has 0 atom stereocenters. The lowest BCUT2D eigenvalue weighted by Crippen LogP contribution is -2.46. The predicted octanol–water partition coefficient (Wildman–Crippen LogP) is 2.63. The van der Waals surface area contributed by atoms with Crippen LogP contribution in [0.25, 0.3) is 0 Å². The predicted molar refractivity (Wildman–Crippen MR) is 93.5 cm³/mol. The van der Waals surface area contributed by atoms with Gasteiger partial charge in [0, 0.05) is 37.9 Å². The van der Waals surface area contributed by atoms with E-state index in [1.807, 2.05) is 4.90 Å². The molecule has 0 bridgehead atoms. The first-order valence-corrected chi connectivity index (χ1v) is 8.26. The maximum atomic E-state index is 13.1. The molecule has 1 N–H and O–H groups in total. The van der Waals surface area contributed by atoms with Gasteiger partial charge in [-0.05, 0) is 24.3 Å². The smallest absolute Gasteiger partial charge is 0.353 e. The summed E-state index contributed by atoms with van der Waals surface area (Å²) in [5.74, 6) is -0.112. The molecule has 9 heteroatoms. The number of pyridine rings is 1. The van der Waals surface area contributed by atoms with Crippen molar-refractivity contribution in [3.8, 4) is 0 Å². The van der Waals surface area contributed by atoms with Crippen molar-refractivity contribution in [2.75, 3.05) is 36.4 Å². The fourth-order valence-electron chi connectivity index (χ4n) is 2.82. The summed E-state index contributed by atoms with van der Waals surface area (Å²) in [6.45, 7) is 2.21. The molecule has 1 fully saturated rings. The van der Waals surface area contributed by atoms with Crippen LogP contribution in [0.15, 0.2) is 42.6 Å². The number of hydrogen-bond acceptors (Lipinski definition) is 4. The van der Waals surface area contributed by atoms with Crippen molar-refractivity contribution in [3.05, 3.63) is 53.7 Å². The number of alkyl halides is 3. The van der Waals surface area contributed by atoms with Gasteiger partial charge in [0.15, 0.2) is 0 Å². The molecule has 1 aromatic heterocycles. The van der Waals surface area contributed by atoms with E-state index in [1.54, 1.807) is 4.90 Å². The van der Waals surface area contributed by atoms with E-state index >= 15 is 0 Å². The van der Waals surface area contributed by atoms with Crippen molar-refractivity contribution in [2.45, 2.75) is 6.18 Å². The number of nitrogens with zero attached hydrogens (tertiary/aromatic N) is 3. The van der Waals surface area contributed by atoms with E-state index in [4.69, 9.17) is 0 Å². The Hall–Kier alpha value is -3.10. The number of carbonyl (C=O) groups excluding carboxylic acids is 2. The molecule has 0 saturated carbocycles. The Morgan fingerprint density at radius 3 is 2.48 bits per heavy atom. The molecule has 0 radical (unpaired) electrons. The van der Waals surface area contributed by atoms with Crippen LogP contribution >= 0.6 is 0 Å². The largest absolute Gasteiger partial charge is 0.418 e. The first-order valence-electron chi connectivity index (χ1n) is 8.26. The van der Waals surface area contributed by atoms with Gasteiger partial charge in [0.05, 0.1) is 11.3 Å². The molecular weight excluding hydrogens is 361 g/mol. The minimum Gasteiger partial charge on any atom is -0.353 e. The molecular formula is C18H17F3N4O2. The van der Waals surface area contributed by atoms with Crippen LogP contribution in [-0.2, 0) is 11.0 Å². The number of rotatable bonds is 4. The van der Waals surface area contributed by atoms with Gasteiger partial charge in [-0.1, -0.05) is 12.1 Å². The zero-order valence-corrected chi connectivity index (χ0v) is 14.2. The SMILES string of the molecule is O=CN1CCN(c2cc(C(=O)Nc3ccccc3C(F)(F)F)ccn2)CC1.